The van der Waals surface area contributed by atoms with Gasteiger partial charge in [0.2, 0.25) is 0 Å². The lowest BCUT2D eigenvalue weighted by Crippen LogP contribution is -1.78. The number of furan rings is 1. The van der Waals surface area contributed by atoms with Gasteiger partial charge in [0, 0.05) is 15.4 Å². The lowest BCUT2D eigenvalue weighted by atomic mass is 10.2. The second-order valence-electron chi connectivity index (χ2n) is 3.50. The van der Waals surface area contributed by atoms with Crippen molar-refractivity contribution in [2.24, 2.45) is 0 Å². The van der Waals surface area contributed by atoms with E-state index in [4.69, 9.17) is 4.42 Å². The predicted octanol–water partition coefficient (Wildman–Crippen LogP) is 4.38. The zero-order chi connectivity index (χ0) is 9.97. The van der Waals surface area contributed by atoms with Crippen LogP contribution in [0.1, 0.15) is 25.5 Å². The van der Waals surface area contributed by atoms with Crippen LogP contribution < -0.4 is 0 Å². The molecule has 0 aliphatic heterocycles. The maximum Gasteiger partial charge on any atom is 0.134 e. The summed E-state index contributed by atoms with van der Waals surface area (Å²) in [6.07, 6.45) is 3.48. The van der Waals surface area contributed by atoms with Crippen LogP contribution in [0.4, 0.5) is 0 Å². The number of benzene rings is 1. The number of aryl methyl sites for hydroxylation is 1. The van der Waals surface area contributed by atoms with Crippen LogP contribution in [0.25, 0.3) is 11.0 Å². The molecule has 1 heterocycles. The Balaban J connectivity index is 2.32. The molecule has 0 amide bonds. The van der Waals surface area contributed by atoms with Crippen molar-refractivity contribution >= 4 is 33.6 Å². The fourth-order valence-electron chi connectivity index (χ4n) is 1.54. The van der Waals surface area contributed by atoms with E-state index in [-0.39, 0.29) is 0 Å². The minimum atomic E-state index is 1.01. The molecule has 0 N–H and O–H groups in total. The quantitative estimate of drug-likeness (QED) is 0.767. The third-order valence-corrected chi connectivity index (χ3v) is 2.98. The normalized spacial score (nSPS) is 11.0. The largest absolute Gasteiger partial charge is 0.461 e. The minimum absolute atomic E-state index is 1.01. The molecular weight excluding hydrogens is 287 g/mol. The Morgan fingerprint density at radius 1 is 1.29 bits per heavy atom. The summed E-state index contributed by atoms with van der Waals surface area (Å²) in [6, 6.07) is 8.45. The van der Waals surface area contributed by atoms with Gasteiger partial charge in [0.15, 0.2) is 0 Å². The molecule has 0 saturated heterocycles. The van der Waals surface area contributed by atoms with Gasteiger partial charge in [0.1, 0.15) is 11.3 Å². The molecule has 0 bridgehead atoms. The highest BCUT2D eigenvalue weighted by Gasteiger charge is 2.02. The van der Waals surface area contributed by atoms with Crippen molar-refractivity contribution in [2.45, 2.75) is 26.2 Å². The van der Waals surface area contributed by atoms with Gasteiger partial charge in [-0.3, -0.25) is 0 Å². The van der Waals surface area contributed by atoms with E-state index in [1.165, 1.54) is 21.8 Å². The van der Waals surface area contributed by atoms with Crippen molar-refractivity contribution in [3.05, 3.63) is 33.6 Å². The lowest BCUT2D eigenvalue weighted by Gasteiger charge is -1.91. The first kappa shape index (κ1) is 10.0. The summed E-state index contributed by atoms with van der Waals surface area (Å²) in [5.41, 5.74) is 1.01. The zero-order valence-electron chi connectivity index (χ0n) is 8.22. The Morgan fingerprint density at radius 3 is 2.93 bits per heavy atom. The first-order valence-electron chi connectivity index (χ1n) is 4.97. The van der Waals surface area contributed by atoms with Crippen molar-refractivity contribution in [1.82, 2.24) is 0 Å². The number of unbranched alkanes of at least 4 members (excludes halogenated alkanes) is 1. The highest BCUT2D eigenvalue weighted by Crippen LogP contribution is 2.22. The predicted molar refractivity (Wildman–Crippen MR) is 67.5 cm³/mol. The van der Waals surface area contributed by atoms with E-state index in [0.717, 1.165) is 17.8 Å². The first-order valence-corrected chi connectivity index (χ1v) is 6.05. The third kappa shape index (κ3) is 2.11. The van der Waals surface area contributed by atoms with Crippen LogP contribution in [0.15, 0.2) is 28.7 Å². The molecule has 0 fully saturated rings. The maximum absolute atomic E-state index is 5.72. The van der Waals surface area contributed by atoms with Crippen molar-refractivity contribution in [2.75, 3.05) is 0 Å². The van der Waals surface area contributed by atoms with E-state index in [0.29, 0.717) is 0 Å². The Bertz CT molecular complexity index is 431. The Morgan fingerprint density at radius 2 is 2.14 bits per heavy atom. The van der Waals surface area contributed by atoms with Crippen LogP contribution in [-0.4, -0.2) is 0 Å². The van der Waals surface area contributed by atoms with Crippen molar-refractivity contribution in [3.63, 3.8) is 0 Å². The number of halogens is 1. The van der Waals surface area contributed by atoms with Crippen molar-refractivity contribution < 1.29 is 4.42 Å². The van der Waals surface area contributed by atoms with Crippen LogP contribution in [0.3, 0.4) is 0 Å². The summed E-state index contributed by atoms with van der Waals surface area (Å²) in [5.74, 6) is 1.11. The average molecular weight is 300 g/mol. The monoisotopic (exact) mass is 300 g/mol. The molecule has 0 aliphatic rings. The van der Waals surface area contributed by atoms with Gasteiger partial charge in [-0.25, -0.2) is 0 Å². The molecule has 2 aromatic rings. The van der Waals surface area contributed by atoms with Crippen LogP contribution in [-0.2, 0) is 6.42 Å². The van der Waals surface area contributed by atoms with Crippen LogP contribution >= 0.6 is 22.6 Å². The van der Waals surface area contributed by atoms with Gasteiger partial charge in [-0.2, -0.15) is 0 Å². The van der Waals surface area contributed by atoms with Crippen LogP contribution in [0, 0.1) is 3.57 Å². The molecule has 0 saturated carbocycles. The second kappa shape index (κ2) is 4.34. The maximum atomic E-state index is 5.72. The van der Waals surface area contributed by atoms with E-state index in [1.54, 1.807) is 0 Å². The molecule has 0 spiro atoms. The molecular formula is C12H13IO. The summed E-state index contributed by atoms with van der Waals surface area (Å²) in [5, 5.41) is 1.23. The van der Waals surface area contributed by atoms with Crippen molar-refractivity contribution in [1.29, 1.82) is 0 Å². The molecule has 1 aromatic heterocycles. The fraction of sp³-hybridized carbons (Fsp3) is 0.333. The number of hydrogen-bond acceptors (Lipinski definition) is 1. The highest BCUT2D eigenvalue weighted by atomic mass is 127. The van der Waals surface area contributed by atoms with E-state index in [1.807, 2.05) is 6.07 Å². The Hall–Kier alpha value is -0.510. The molecule has 2 rings (SSSR count). The van der Waals surface area contributed by atoms with E-state index >= 15 is 0 Å². The summed E-state index contributed by atoms with van der Waals surface area (Å²) < 4.78 is 6.98. The number of hydrogen-bond donors (Lipinski definition) is 0. The molecule has 0 unspecified atom stereocenters. The SMILES string of the molecule is CCCCc1cc2cc(I)ccc2o1. The van der Waals surface area contributed by atoms with Gasteiger partial charge in [-0.05, 0) is 53.3 Å². The molecule has 1 nitrogen and oxygen atoms in total. The summed E-state index contributed by atoms with van der Waals surface area (Å²) >= 11 is 2.32. The zero-order valence-corrected chi connectivity index (χ0v) is 10.4. The van der Waals surface area contributed by atoms with Gasteiger partial charge in [0.05, 0.1) is 0 Å². The second-order valence-corrected chi connectivity index (χ2v) is 4.74. The molecule has 0 radical (unpaired) electrons. The number of fused-ring (bicyclic) bond motifs is 1. The molecule has 2 heteroatoms. The summed E-state index contributed by atoms with van der Waals surface area (Å²) in [7, 11) is 0. The summed E-state index contributed by atoms with van der Waals surface area (Å²) in [6.45, 7) is 2.20. The smallest absolute Gasteiger partial charge is 0.134 e. The van der Waals surface area contributed by atoms with E-state index < -0.39 is 0 Å². The molecule has 74 valence electrons. The minimum Gasteiger partial charge on any atom is -0.461 e. The van der Waals surface area contributed by atoms with Gasteiger partial charge in [0.25, 0.3) is 0 Å². The van der Waals surface area contributed by atoms with Gasteiger partial charge in [-0.15, -0.1) is 0 Å². The van der Waals surface area contributed by atoms with E-state index in [9.17, 15) is 0 Å². The topological polar surface area (TPSA) is 13.1 Å². The standard InChI is InChI=1S/C12H13IO/c1-2-3-4-11-8-9-7-10(13)5-6-12(9)14-11/h5-8H,2-4H2,1H3. The first-order chi connectivity index (χ1) is 6.79. The Kier molecular flexibility index (Phi) is 3.11. The van der Waals surface area contributed by atoms with Gasteiger partial charge >= 0.3 is 0 Å². The van der Waals surface area contributed by atoms with Crippen molar-refractivity contribution in [3.8, 4) is 0 Å². The van der Waals surface area contributed by atoms with Crippen LogP contribution in [0.5, 0.6) is 0 Å². The van der Waals surface area contributed by atoms with Gasteiger partial charge in [-0.1, -0.05) is 13.3 Å². The average Bonchev–Trinajstić information content (AvgIpc) is 2.56. The molecule has 0 atom stereocenters. The molecule has 1 aromatic carbocycles. The highest BCUT2D eigenvalue weighted by molar-refractivity contribution is 14.1. The third-order valence-electron chi connectivity index (χ3n) is 2.31. The number of rotatable bonds is 3. The molecule has 0 aliphatic carbocycles. The molecule has 14 heavy (non-hydrogen) atoms. The Labute approximate surface area is 97.6 Å². The lowest BCUT2D eigenvalue weighted by molar-refractivity contribution is 0.536. The summed E-state index contributed by atoms with van der Waals surface area (Å²) in [4.78, 5) is 0. The van der Waals surface area contributed by atoms with Crippen LogP contribution in [0.2, 0.25) is 0 Å². The van der Waals surface area contributed by atoms with Gasteiger partial charge < -0.3 is 4.42 Å². The fourth-order valence-corrected chi connectivity index (χ4v) is 2.06. The van der Waals surface area contributed by atoms with E-state index in [2.05, 4.69) is 47.7 Å².